The third-order valence-electron chi connectivity index (χ3n) is 7.41. The van der Waals surface area contributed by atoms with Crippen LogP contribution >= 0.6 is 11.8 Å². The van der Waals surface area contributed by atoms with E-state index >= 15 is 0 Å². The highest BCUT2D eigenvalue weighted by Gasteiger charge is 2.43. The number of fused-ring (bicyclic) bond motifs is 1. The second-order valence-electron chi connectivity index (χ2n) is 9.29. The summed E-state index contributed by atoms with van der Waals surface area (Å²) in [6, 6.07) is 0.555. The van der Waals surface area contributed by atoms with Crippen molar-refractivity contribution in [3.8, 4) is 0 Å². The van der Waals surface area contributed by atoms with Crippen molar-refractivity contribution in [2.45, 2.75) is 83.6 Å². The van der Waals surface area contributed by atoms with Crippen LogP contribution in [-0.2, 0) is 4.79 Å². The topological polar surface area (TPSA) is 61.4 Å². The van der Waals surface area contributed by atoms with Crippen LogP contribution in [0.2, 0.25) is 0 Å². The van der Waals surface area contributed by atoms with Gasteiger partial charge >= 0.3 is 6.03 Å². The summed E-state index contributed by atoms with van der Waals surface area (Å²) >= 11 is 1.96. The summed E-state index contributed by atoms with van der Waals surface area (Å²) in [6.07, 6.45) is 6.07. The molecule has 3 amide bonds. The molecule has 0 aliphatic carbocycles. The number of thioether (sulfide) groups is 1. The van der Waals surface area contributed by atoms with Crippen LogP contribution in [0.4, 0.5) is 4.79 Å². The van der Waals surface area contributed by atoms with E-state index in [1.54, 1.807) is 0 Å². The van der Waals surface area contributed by atoms with Crippen LogP contribution in [0.1, 0.15) is 66.2 Å². The van der Waals surface area contributed by atoms with E-state index in [1.165, 1.54) is 0 Å². The highest BCUT2D eigenvalue weighted by molar-refractivity contribution is 8.00. The molecule has 0 aromatic rings. The SMILES string of the molecule is CC(C)C1(C(C)C)CCN(C(=O)CCCCC2SCC3NC(=O)NC32)CC1. The highest BCUT2D eigenvalue weighted by Crippen LogP contribution is 2.45. The van der Waals surface area contributed by atoms with Gasteiger partial charge < -0.3 is 15.5 Å². The summed E-state index contributed by atoms with van der Waals surface area (Å²) in [6.45, 7) is 11.2. The number of piperidine rings is 1. The Hall–Kier alpha value is -0.910. The number of amides is 3. The molecule has 154 valence electrons. The average molecular weight is 396 g/mol. The third kappa shape index (κ3) is 4.41. The molecule has 0 bridgehead atoms. The van der Waals surface area contributed by atoms with Crippen LogP contribution < -0.4 is 10.6 Å². The smallest absolute Gasteiger partial charge is 0.315 e. The van der Waals surface area contributed by atoms with Crippen molar-refractivity contribution in [2.75, 3.05) is 18.8 Å². The van der Waals surface area contributed by atoms with Gasteiger partial charge in [-0.25, -0.2) is 4.79 Å². The molecule has 3 aliphatic heterocycles. The fourth-order valence-corrected chi connectivity index (χ4v) is 6.96. The number of likely N-dealkylation sites (tertiary alicyclic amines) is 1. The molecule has 3 atom stereocenters. The Morgan fingerprint density at radius 1 is 1.15 bits per heavy atom. The molecule has 27 heavy (non-hydrogen) atoms. The predicted octanol–water partition coefficient (Wildman–Crippen LogP) is 3.63. The molecule has 6 heteroatoms. The molecule has 0 saturated carbocycles. The predicted molar refractivity (Wildman–Crippen MR) is 112 cm³/mol. The minimum atomic E-state index is -0.0190. The number of hydrogen-bond acceptors (Lipinski definition) is 3. The van der Waals surface area contributed by atoms with Gasteiger partial charge in [-0.3, -0.25) is 4.79 Å². The second-order valence-corrected chi connectivity index (χ2v) is 10.6. The fraction of sp³-hybridized carbons (Fsp3) is 0.905. The quantitative estimate of drug-likeness (QED) is 0.511. The minimum absolute atomic E-state index is 0.0190. The summed E-state index contributed by atoms with van der Waals surface area (Å²) in [5, 5.41) is 6.53. The van der Waals surface area contributed by atoms with Gasteiger partial charge in [-0.1, -0.05) is 34.1 Å². The molecule has 2 N–H and O–H groups in total. The lowest BCUT2D eigenvalue weighted by Crippen LogP contribution is -2.47. The van der Waals surface area contributed by atoms with E-state index in [0.717, 1.165) is 50.9 Å². The molecule has 0 spiro atoms. The number of rotatable bonds is 7. The van der Waals surface area contributed by atoms with Gasteiger partial charge in [0.2, 0.25) is 5.91 Å². The molecule has 0 aromatic heterocycles. The van der Waals surface area contributed by atoms with Gasteiger partial charge in [0, 0.05) is 30.5 Å². The van der Waals surface area contributed by atoms with Crippen molar-refractivity contribution >= 4 is 23.7 Å². The first-order valence-corrected chi connectivity index (χ1v) is 11.8. The summed E-state index contributed by atoms with van der Waals surface area (Å²) in [7, 11) is 0. The first-order chi connectivity index (χ1) is 12.8. The molecule has 3 saturated heterocycles. The van der Waals surface area contributed by atoms with E-state index in [1.807, 2.05) is 11.8 Å². The number of carbonyl (C=O) groups is 2. The van der Waals surface area contributed by atoms with Crippen molar-refractivity contribution in [3.05, 3.63) is 0 Å². The van der Waals surface area contributed by atoms with Crippen molar-refractivity contribution in [2.24, 2.45) is 17.3 Å². The maximum absolute atomic E-state index is 12.6. The molecule has 3 rings (SSSR count). The molecule has 3 aliphatic rings. The van der Waals surface area contributed by atoms with Gasteiger partial charge in [0.15, 0.2) is 0 Å². The normalized spacial score (nSPS) is 29.8. The molecular formula is C21H37N3O2S. The van der Waals surface area contributed by atoms with Gasteiger partial charge in [0.25, 0.3) is 0 Å². The number of unbranched alkanes of at least 4 members (excludes halogenated alkanes) is 1. The molecular weight excluding hydrogens is 358 g/mol. The molecule has 3 heterocycles. The molecule has 3 fully saturated rings. The van der Waals surface area contributed by atoms with Crippen molar-refractivity contribution < 1.29 is 9.59 Å². The van der Waals surface area contributed by atoms with Crippen LogP contribution in [0.25, 0.3) is 0 Å². The van der Waals surface area contributed by atoms with Crippen LogP contribution in [0.3, 0.4) is 0 Å². The van der Waals surface area contributed by atoms with E-state index in [9.17, 15) is 9.59 Å². The van der Waals surface area contributed by atoms with Crippen molar-refractivity contribution in [1.82, 2.24) is 15.5 Å². The van der Waals surface area contributed by atoms with Crippen LogP contribution in [0, 0.1) is 17.3 Å². The van der Waals surface area contributed by atoms with Gasteiger partial charge in [-0.05, 0) is 42.9 Å². The number of hydrogen-bond donors (Lipinski definition) is 2. The maximum Gasteiger partial charge on any atom is 0.315 e. The Bertz CT molecular complexity index is 534. The monoisotopic (exact) mass is 395 g/mol. The lowest BCUT2D eigenvalue weighted by atomic mass is 9.63. The fourth-order valence-electron chi connectivity index (χ4n) is 5.42. The molecule has 0 aromatic carbocycles. The Morgan fingerprint density at radius 2 is 1.81 bits per heavy atom. The molecule has 0 radical (unpaired) electrons. The van der Waals surface area contributed by atoms with Crippen molar-refractivity contribution in [1.29, 1.82) is 0 Å². The van der Waals surface area contributed by atoms with E-state index in [4.69, 9.17) is 0 Å². The van der Waals surface area contributed by atoms with Gasteiger partial charge in [0.1, 0.15) is 0 Å². The van der Waals surface area contributed by atoms with Gasteiger partial charge in [-0.2, -0.15) is 11.8 Å². The summed E-state index contributed by atoms with van der Waals surface area (Å²) in [4.78, 5) is 26.2. The first-order valence-electron chi connectivity index (χ1n) is 10.8. The number of urea groups is 1. The zero-order valence-corrected chi connectivity index (χ0v) is 18.2. The van der Waals surface area contributed by atoms with Gasteiger partial charge in [0.05, 0.1) is 12.1 Å². The lowest BCUT2D eigenvalue weighted by molar-refractivity contribution is -0.135. The number of carbonyl (C=O) groups excluding carboxylic acids is 2. The van der Waals surface area contributed by atoms with Crippen LogP contribution in [0.15, 0.2) is 0 Å². The van der Waals surface area contributed by atoms with E-state index < -0.39 is 0 Å². The largest absolute Gasteiger partial charge is 0.343 e. The summed E-state index contributed by atoms with van der Waals surface area (Å²) < 4.78 is 0. The first kappa shape index (κ1) is 20.8. The van der Waals surface area contributed by atoms with E-state index in [-0.39, 0.29) is 12.1 Å². The Balaban J connectivity index is 1.36. The van der Waals surface area contributed by atoms with E-state index in [0.29, 0.717) is 40.9 Å². The third-order valence-corrected chi connectivity index (χ3v) is 8.92. The Labute approximate surface area is 168 Å². The average Bonchev–Trinajstić information content (AvgIpc) is 3.17. The minimum Gasteiger partial charge on any atom is -0.343 e. The molecule has 5 nitrogen and oxygen atoms in total. The maximum atomic E-state index is 12.6. The highest BCUT2D eigenvalue weighted by atomic mass is 32.2. The Morgan fingerprint density at radius 3 is 2.44 bits per heavy atom. The zero-order valence-electron chi connectivity index (χ0n) is 17.4. The number of nitrogens with one attached hydrogen (secondary N) is 2. The van der Waals surface area contributed by atoms with E-state index in [2.05, 4.69) is 43.2 Å². The zero-order chi connectivity index (χ0) is 19.6. The lowest BCUT2D eigenvalue weighted by Gasteiger charge is -2.47. The number of nitrogens with zero attached hydrogens (tertiary/aromatic N) is 1. The standard InChI is InChI=1S/C21H37N3O2S/c1-14(2)21(15(3)4)9-11-24(12-10-21)18(25)8-6-5-7-17-19-16(13-27-17)22-20(26)23-19/h14-17,19H,5-13H2,1-4H3,(H2,22,23,26). The van der Waals surface area contributed by atoms with Crippen molar-refractivity contribution in [3.63, 3.8) is 0 Å². The summed E-state index contributed by atoms with van der Waals surface area (Å²) in [5.74, 6) is 2.69. The van der Waals surface area contributed by atoms with Crippen LogP contribution in [-0.4, -0.2) is 53.0 Å². The Kier molecular flexibility index (Phi) is 6.65. The molecule has 3 unspecified atom stereocenters. The van der Waals surface area contributed by atoms with Crippen LogP contribution in [0.5, 0.6) is 0 Å². The van der Waals surface area contributed by atoms with Gasteiger partial charge in [-0.15, -0.1) is 0 Å². The summed E-state index contributed by atoms with van der Waals surface area (Å²) in [5.41, 5.74) is 0.396. The second kappa shape index (κ2) is 8.62.